The van der Waals surface area contributed by atoms with Crippen molar-refractivity contribution in [3.8, 4) is 5.75 Å². The van der Waals surface area contributed by atoms with Gasteiger partial charge in [-0.1, -0.05) is 50.3 Å². The molecule has 2 aromatic rings. The van der Waals surface area contributed by atoms with Gasteiger partial charge in [-0.15, -0.1) is 0 Å². The zero-order valence-corrected chi connectivity index (χ0v) is 14.1. The second-order valence-electron chi connectivity index (χ2n) is 6.84. The summed E-state index contributed by atoms with van der Waals surface area (Å²) < 4.78 is 18.8. The lowest BCUT2D eigenvalue weighted by atomic mass is 9.79. The maximum Gasteiger partial charge on any atom is 0.405 e. The first-order valence-corrected chi connectivity index (χ1v) is 8.05. The molecule has 1 aliphatic rings. The summed E-state index contributed by atoms with van der Waals surface area (Å²) in [5, 5.41) is 11.7. The molecule has 2 aromatic carbocycles. The van der Waals surface area contributed by atoms with Gasteiger partial charge in [0.1, 0.15) is 11.6 Å². The summed E-state index contributed by atoms with van der Waals surface area (Å²) >= 11 is 0. The van der Waals surface area contributed by atoms with Crippen LogP contribution in [-0.2, 0) is 0 Å². The average Bonchev–Trinajstić information content (AvgIpc) is 2.57. The Labute approximate surface area is 145 Å². The molecule has 0 spiro atoms. The average molecular weight is 341 g/mol. The third-order valence-corrected chi connectivity index (χ3v) is 4.34. The molecule has 5 heteroatoms. The number of hydrogen-bond acceptors (Lipinski definition) is 2. The summed E-state index contributed by atoms with van der Waals surface area (Å²) in [7, 11) is 0. The van der Waals surface area contributed by atoms with Crippen LogP contribution in [0.3, 0.4) is 0 Å². The van der Waals surface area contributed by atoms with Gasteiger partial charge in [-0.05, 0) is 29.3 Å². The molecule has 4 nitrogen and oxygen atoms in total. The minimum Gasteiger partial charge on any atom is -0.493 e. The number of rotatable bonds is 3. The highest BCUT2D eigenvalue weighted by molar-refractivity contribution is 5.71. The van der Waals surface area contributed by atoms with Crippen LogP contribution in [0.15, 0.2) is 42.5 Å². The van der Waals surface area contributed by atoms with Crippen molar-refractivity contribution >= 4 is 18.2 Å². The van der Waals surface area contributed by atoms with Gasteiger partial charge in [0.2, 0.25) is 0 Å². The fourth-order valence-electron chi connectivity index (χ4n) is 2.95. The van der Waals surface area contributed by atoms with E-state index in [4.69, 9.17) is 9.84 Å². The van der Waals surface area contributed by atoms with Crippen LogP contribution < -0.4 is 10.1 Å². The normalized spacial score (nSPS) is 18.4. The van der Waals surface area contributed by atoms with Crippen molar-refractivity contribution in [1.82, 2.24) is 5.32 Å². The number of carbonyl (C=O) groups is 1. The number of carboxylic acid groups (broad SMARTS) is 1. The molecule has 1 unspecified atom stereocenters. The van der Waals surface area contributed by atoms with E-state index in [1.807, 2.05) is 44.2 Å². The molecule has 0 aromatic heterocycles. The summed E-state index contributed by atoms with van der Waals surface area (Å²) in [4.78, 5) is 11.1. The van der Waals surface area contributed by atoms with Gasteiger partial charge >= 0.3 is 6.09 Å². The minimum absolute atomic E-state index is 0.265. The Bertz CT molecular complexity index is 812. The number of amides is 1. The number of ether oxygens (including phenoxy) is 1. The molecule has 0 radical (unpaired) electrons. The fourth-order valence-corrected chi connectivity index (χ4v) is 2.95. The summed E-state index contributed by atoms with van der Waals surface area (Å²) in [6, 6.07) is 11.6. The molecule has 0 bridgehead atoms. The van der Waals surface area contributed by atoms with Gasteiger partial charge in [0, 0.05) is 11.0 Å². The highest BCUT2D eigenvalue weighted by Crippen LogP contribution is 2.43. The second kappa shape index (κ2) is 6.59. The number of hydrogen-bond donors (Lipinski definition) is 2. The Morgan fingerprint density at radius 3 is 2.52 bits per heavy atom. The van der Waals surface area contributed by atoms with E-state index in [9.17, 15) is 9.18 Å². The van der Waals surface area contributed by atoms with Gasteiger partial charge in [-0.25, -0.2) is 9.18 Å². The van der Waals surface area contributed by atoms with Gasteiger partial charge in [0.25, 0.3) is 0 Å². The van der Waals surface area contributed by atoms with E-state index in [1.54, 1.807) is 12.1 Å². The van der Waals surface area contributed by atoms with Crippen LogP contribution in [-0.4, -0.2) is 17.8 Å². The van der Waals surface area contributed by atoms with Crippen LogP contribution in [0.5, 0.6) is 5.75 Å². The topological polar surface area (TPSA) is 58.6 Å². The third-order valence-electron chi connectivity index (χ3n) is 4.34. The Kier molecular flexibility index (Phi) is 4.49. The van der Waals surface area contributed by atoms with E-state index in [2.05, 4.69) is 5.32 Å². The maximum absolute atomic E-state index is 12.9. The Balaban J connectivity index is 1.87. The van der Waals surface area contributed by atoms with Crippen LogP contribution >= 0.6 is 0 Å². The Morgan fingerprint density at radius 1 is 1.20 bits per heavy atom. The highest BCUT2D eigenvalue weighted by atomic mass is 19.1. The molecule has 0 saturated heterocycles. The second-order valence-corrected chi connectivity index (χ2v) is 6.84. The molecule has 0 aliphatic carbocycles. The molecule has 1 atom stereocenters. The predicted octanol–water partition coefficient (Wildman–Crippen LogP) is 4.72. The Morgan fingerprint density at radius 2 is 1.84 bits per heavy atom. The molecule has 130 valence electrons. The SMILES string of the molecule is CC1(C)COc2cc(/C=C/c3ccc(F)cc3)ccc2C1NC(=O)O. The van der Waals surface area contributed by atoms with Crippen molar-refractivity contribution in [2.75, 3.05) is 6.61 Å². The van der Waals surface area contributed by atoms with Crippen molar-refractivity contribution < 1.29 is 19.0 Å². The number of halogens is 1. The summed E-state index contributed by atoms with van der Waals surface area (Å²) in [5.74, 6) is 0.415. The van der Waals surface area contributed by atoms with Crippen LogP contribution in [0, 0.1) is 11.2 Å². The quantitative estimate of drug-likeness (QED) is 0.794. The number of fused-ring (bicyclic) bond motifs is 1. The first-order chi connectivity index (χ1) is 11.8. The molecular weight excluding hydrogens is 321 g/mol. The first-order valence-electron chi connectivity index (χ1n) is 8.05. The fraction of sp³-hybridized carbons (Fsp3) is 0.250. The van der Waals surface area contributed by atoms with E-state index in [0.717, 1.165) is 16.7 Å². The molecule has 0 fully saturated rings. The smallest absolute Gasteiger partial charge is 0.405 e. The third kappa shape index (κ3) is 3.82. The van der Waals surface area contributed by atoms with Crippen molar-refractivity contribution in [1.29, 1.82) is 0 Å². The summed E-state index contributed by atoms with van der Waals surface area (Å²) in [6.45, 7) is 4.37. The van der Waals surface area contributed by atoms with E-state index < -0.39 is 6.09 Å². The monoisotopic (exact) mass is 341 g/mol. The van der Waals surface area contributed by atoms with Crippen LogP contribution in [0.2, 0.25) is 0 Å². The molecule has 0 saturated carbocycles. The molecular formula is C20H20FNO3. The lowest BCUT2D eigenvalue weighted by molar-refractivity contribution is 0.0995. The first kappa shape index (κ1) is 17.0. The summed E-state index contributed by atoms with van der Waals surface area (Å²) in [5.41, 5.74) is 2.32. The molecule has 1 aliphatic heterocycles. The standard InChI is InChI=1S/C20H20FNO3/c1-20(2)12-25-17-11-14(4-3-13-5-8-15(21)9-6-13)7-10-16(17)18(20)22-19(23)24/h3-11,18,22H,12H2,1-2H3,(H,23,24)/b4-3+. The van der Waals surface area contributed by atoms with E-state index in [0.29, 0.717) is 12.4 Å². The van der Waals surface area contributed by atoms with E-state index >= 15 is 0 Å². The Hall–Kier alpha value is -2.82. The van der Waals surface area contributed by atoms with E-state index in [-0.39, 0.29) is 17.3 Å². The van der Waals surface area contributed by atoms with Gasteiger partial charge in [0.05, 0.1) is 12.6 Å². The van der Waals surface area contributed by atoms with Gasteiger partial charge in [-0.2, -0.15) is 0 Å². The highest BCUT2D eigenvalue weighted by Gasteiger charge is 2.38. The largest absolute Gasteiger partial charge is 0.493 e. The summed E-state index contributed by atoms with van der Waals surface area (Å²) in [6.07, 6.45) is 2.75. The van der Waals surface area contributed by atoms with Crippen LogP contribution in [0.25, 0.3) is 12.2 Å². The lowest BCUT2D eigenvalue weighted by Crippen LogP contribution is -2.43. The number of nitrogens with one attached hydrogen (secondary N) is 1. The molecule has 1 heterocycles. The van der Waals surface area contributed by atoms with Crippen molar-refractivity contribution in [3.05, 3.63) is 65.0 Å². The van der Waals surface area contributed by atoms with Crippen molar-refractivity contribution in [3.63, 3.8) is 0 Å². The van der Waals surface area contributed by atoms with Gasteiger partial charge in [0.15, 0.2) is 0 Å². The van der Waals surface area contributed by atoms with Crippen molar-refractivity contribution in [2.24, 2.45) is 5.41 Å². The van der Waals surface area contributed by atoms with E-state index in [1.165, 1.54) is 12.1 Å². The predicted molar refractivity (Wildman–Crippen MR) is 94.9 cm³/mol. The zero-order chi connectivity index (χ0) is 18.0. The lowest BCUT2D eigenvalue weighted by Gasteiger charge is -2.39. The molecule has 2 N–H and O–H groups in total. The van der Waals surface area contributed by atoms with Crippen LogP contribution in [0.4, 0.5) is 9.18 Å². The van der Waals surface area contributed by atoms with Crippen LogP contribution in [0.1, 0.15) is 36.6 Å². The van der Waals surface area contributed by atoms with Gasteiger partial charge < -0.3 is 15.2 Å². The van der Waals surface area contributed by atoms with Crippen molar-refractivity contribution in [2.45, 2.75) is 19.9 Å². The molecule has 1 amide bonds. The minimum atomic E-state index is -1.05. The molecule has 25 heavy (non-hydrogen) atoms. The molecule has 3 rings (SSSR count). The number of benzene rings is 2. The zero-order valence-electron chi connectivity index (χ0n) is 14.1. The maximum atomic E-state index is 12.9. The van der Waals surface area contributed by atoms with Gasteiger partial charge in [-0.3, -0.25) is 0 Å².